The van der Waals surface area contributed by atoms with Crippen LogP contribution in [0.4, 0.5) is 10.5 Å². The topological polar surface area (TPSA) is 111 Å². The van der Waals surface area contributed by atoms with E-state index in [0.717, 1.165) is 71.5 Å². The average Bonchev–Trinajstić information content (AvgIpc) is 3.50. The van der Waals surface area contributed by atoms with Crippen LogP contribution in [-0.4, -0.2) is 45.0 Å². The Morgan fingerprint density at radius 3 is 2.24 bits per heavy atom. The zero-order valence-electron chi connectivity index (χ0n) is 25.5. The number of nitrogens with two attached hydrogens (primary N) is 1. The number of benzene rings is 4. The smallest absolute Gasteiger partial charge is 0.319 e. The normalized spacial score (nSPS) is 14.0. The maximum atomic E-state index is 13.4. The number of nitrogens with zero attached hydrogens (tertiary/aromatic N) is 3. The first-order valence-electron chi connectivity index (χ1n) is 15.7. The van der Waals surface area contributed by atoms with E-state index in [4.69, 9.17) is 10.7 Å². The molecule has 8 heteroatoms. The van der Waals surface area contributed by atoms with E-state index in [1.54, 1.807) is 4.90 Å². The van der Waals surface area contributed by atoms with E-state index >= 15 is 0 Å². The molecule has 0 aliphatic carbocycles. The molecule has 1 aliphatic rings. The van der Waals surface area contributed by atoms with E-state index in [1.165, 1.54) is 5.56 Å². The number of H-pyrrole nitrogens is 2. The summed E-state index contributed by atoms with van der Waals surface area (Å²) in [5.74, 6) is 0. The summed E-state index contributed by atoms with van der Waals surface area (Å²) in [5, 5.41) is 1.09. The van der Waals surface area contributed by atoms with Gasteiger partial charge >= 0.3 is 6.03 Å². The molecule has 6 aromatic rings. The van der Waals surface area contributed by atoms with Gasteiger partial charge in [-0.2, -0.15) is 0 Å². The average molecular weight is 609 g/mol. The van der Waals surface area contributed by atoms with Gasteiger partial charge in [-0.05, 0) is 42.2 Å². The fourth-order valence-electron chi connectivity index (χ4n) is 6.56. The van der Waals surface area contributed by atoms with E-state index < -0.39 is 6.03 Å². The van der Waals surface area contributed by atoms with Gasteiger partial charge in [-0.25, -0.2) is 9.78 Å². The fourth-order valence-corrected chi connectivity index (χ4v) is 6.56. The first-order chi connectivity index (χ1) is 22.5. The Labute approximate surface area is 267 Å². The highest BCUT2D eigenvalue weighted by atomic mass is 16.2. The number of urea groups is 1. The largest absolute Gasteiger partial charge is 0.361 e. The van der Waals surface area contributed by atoms with Gasteiger partial charge in [0.05, 0.1) is 11.4 Å². The molecule has 7 rings (SSSR count). The van der Waals surface area contributed by atoms with Crippen LogP contribution in [0.5, 0.6) is 0 Å². The number of piperidine rings is 1. The minimum absolute atomic E-state index is 0.0831. The van der Waals surface area contributed by atoms with Crippen LogP contribution in [0.3, 0.4) is 0 Å². The predicted octanol–water partition coefficient (Wildman–Crippen LogP) is 6.73. The Morgan fingerprint density at radius 1 is 0.848 bits per heavy atom. The summed E-state index contributed by atoms with van der Waals surface area (Å²) in [6.45, 7) is 2.56. The second-order valence-electron chi connectivity index (χ2n) is 11.9. The molecule has 230 valence electrons. The third-order valence-corrected chi connectivity index (χ3v) is 8.91. The van der Waals surface area contributed by atoms with Gasteiger partial charge in [-0.3, -0.25) is 14.6 Å². The van der Waals surface area contributed by atoms with Crippen LogP contribution in [0.1, 0.15) is 29.7 Å². The lowest BCUT2D eigenvalue weighted by Crippen LogP contribution is -2.49. The summed E-state index contributed by atoms with van der Waals surface area (Å²) in [6, 6.07) is 35.8. The maximum absolute atomic E-state index is 13.4. The molecule has 0 saturated carbocycles. The van der Waals surface area contributed by atoms with Crippen LogP contribution >= 0.6 is 0 Å². The van der Waals surface area contributed by atoms with Crippen molar-refractivity contribution >= 4 is 22.6 Å². The molecule has 1 fully saturated rings. The third-order valence-electron chi connectivity index (χ3n) is 8.91. The van der Waals surface area contributed by atoms with Crippen molar-refractivity contribution in [2.75, 3.05) is 18.0 Å². The molecule has 46 heavy (non-hydrogen) atoms. The van der Waals surface area contributed by atoms with Gasteiger partial charge < -0.3 is 15.7 Å². The molecular formula is C38H36N6O2. The molecular weight excluding hydrogens is 572 g/mol. The monoisotopic (exact) mass is 608 g/mol. The summed E-state index contributed by atoms with van der Waals surface area (Å²) in [7, 11) is 0. The van der Waals surface area contributed by atoms with Crippen molar-refractivity contribution in [2.45, 2.75) is 31.8 Å². The number of hydrogen-bond donors (Lipinski definition) is 3. The summed E-state index contributed by atoms with van der Waals surface area (Å²) in [5.41, 5.74) is 13.5. The summed E-state index contributed by atoms with van der Waals surface area (Å²) in [6.07, 6.45) is 4.10. The van der Waals surface area contributed by atoms with Crippen LogP contribution < -0.4 is 16.2 Å². The van der Waals surface area contributed by atoms with E-state index in [2.05, 4.69) is 45.2 Å². The summed E-state index contributed by atoms with van der Waals surface area (Å²) >= 11 is 0. The van der Waals surface area contributed by atoms with Crippen molar-refractivity contribution in [2.24, 2.45) is 5.73 Å². The van der Waals surface area contributed by atoms with Gasteiger partial charge in [-0.15, -0.1) is 0 Å². The zero-order valence-corrected chi connectivity index (χ0v) is 25.5. The Morgan fingerprint density at radius 2 is 1.52 bits per heavy atom. The van der Waals surface area contributed by atoms with Gasteiger partial charge in [0.15, 0.2) is 0 Å². The highest BCUT2D eigenvalue weighted by Gasteiger charge is 2.28. The lowest BCUT2D eigenvalue weighted by Gasteiger charge is -2.37. The van der Waals surface area contributed by atoms with Gasteiger partial charge in [0.25, 0.3) is 5.56 Å². The van der Waals surface area contributed by atoms with Crippen LogP contribution in [0.2, 0.25) is 0 Å². The number of fused-ring (bicyclic) bond motifs is 1. The van der Waals surface area contributed by atoms with E-state index in [1.807, 2.05) is 85.1 Å². The number of carbonyl (C=O) groups is 1. The SMILES string of the molecule is NC(=O)N(c1ccccc1)C1CCN(Cc2ccc(-c3nc(Cc4c[nH]c5ccccc45)c(=O)[nH]c3-c3ccccc3)cc2)CC1. The van der Waals surface area contributed by atoms with Gasteiger partial charge in [0.2, 0.25) is 0 Å². The minimum Gasteiger partial charge on any atom is -0.361 e. The first-order valence-corrected chi connectivity index (χ1v) is 15.7. The lowest BCUT2D eigenvalue weighted by molar-refractivity contribution is 0.199. The van der Waals surface area contributed by atoms with Crippen molar-refractivity contribution in [3.63, 3.8) is 0 Å². The molecule has 4 N–H and O–H groups in total. The van der Waals surface area contributed by atoms with Crippen LogP contribution in [0.15, 0.2) is 120 Å². The van der Waals surface area contributed by atoms with Crippen LogP contribution in [-0.2, 0) is 13.0 Å². The van der Waals surface area contributed by atoms with E-state index in [9.17, 15) is 9.59 Å². The van der Waals surface area contributed by atoms with Gasteiger partial charge in [-0.1, -0.05) is 91.0 Å². The van der Waals surface area contributed by atoms with Crippen molar-refractivity contribution in [1.82, 2.24) is 19.9 Å². The number of carbonyl (C=O) groups excluding carboxylic acids is 1. The van der Waals surface area contributed by atoms with Crippen LogP contribution in [0.25, 0.3) is 33.4 Å². The minimum atomic E-state index is -0.407. The zero-order chi connectivity index (χ0) is 31.5. The highest BCUT2D eigenvalue weighted by molar-refractivity contribution is 5.91. The fraction of sp³-hybridized carbons (Fsp3) is 0.184. The predicted molar refractivity (Wildman–Crippen MR) is 184 cm³/mol. The molecule has 2 aromatic heterocycles. The number of primary amides is 1. The molecule has 0 atom stereocenters. The number of para-hydroxylation sites is 2. The summed E-state index contributed by atoms with van der Waals surface area (Å²) < 4.78 is 0. The third kappa shape index (κ3) is 6.07. The van der Waals surface area contributed by atoms with Gasteiger partial charge in [0, 0.05) is 66.0 Å². The highest BCUT2D eigenvalue weighted by Crippen LogP contribution is 2.30. The number of amides is 2. The number of aromatic amines is 2. The molecule has 1 saturated heterocycles. The second kappa shape index (κ2) is 12.9. The van der Waals surface area contributed by atoms with E-state index in [0.29, 0.717) is 17.8 Å². The standard InChI is InChI=1S/C38H36N6O2/c39-38(46)44(30-11-5-2-6-12-30)31-19-21-43(22-20-31)25-26-15-17-28(18-16-26)35-36(27-9-3-1-4-10-27)42-37(45)34(41-35)23-29-24-40-33-14-8-7-13-32(29)33/h1-18,24,31,40H,19-23,25H2,(H2,39,46)(H,42,45). The number of likely N-dealkylation sites (tertiary alicyclic amines) is 1. The Balaban J connectivity index is 1.11. The number of rotatable bonds is 8. The number of hydrogen-bond acceptors (Lipinski definition) is 4. The number of aromatic nitrogens is 3. The number of anilines is 1. The molecule has 0 radical (unpaired) electrons. The number of nitrogens with one attached hydrogen (secondary N) is 2. The first kappa shape index (κ1) is 29.3. The molecule has 0 unspecified atom stereocenters. The van der Waals surface area contributed by atoms with Crippen LogP contribution in [0, 0.1) is 0 Å². The molecule has 1 aliphatic heterocycles. The second-order valence-corrected chi connectivity index (χ2v) is 11.9. The lowest BCUT2D eigenvalue weighted by atomic mass is 10.00. The Hall–Kier alpha value is -5.47. The Kier molecular flexibility index (Phi) is 8.18. The Bertz CT molecular complexity index is 2010. The molecule has 2 amide bonds. The molecule has 0 spiro atoms. The molecule has 3 heterocycles. The van der Waals surface area contributed by atoms with Crippen molar-refractivity contribution in [1.29, 1.82) is 0 Å². The summed E-state index contributed by atoms with van der Waals surface area (Å²) in [4.78, 5) is 41.3. The molecule has 4 aromatic carbocycles. The molecule has 8 nitrogen and oxygen atoms in total. The quantitative estimate of drug-likeness (QED) is 0.178. The van der Waals surface area contributed by atoms with Crippen molar-refractivity contribution in [3.8, 4) is 22.5 Å². The van der Waals surface area contributed by atoms with Crippen molar-refractivity contribution < 1.29 is 4.79 Å². The molecule has 0 bridgehead atoms. The van der Waals surface area contributed by atoms with E-state index in [-0.39, 0.29) is 11.6 Å². The van der Waals surface area contributed by atoms with Gasteiger partial charge in [0.1, 0.15) is 5.69 Å². The maximum Gasteiger partial charge on any atom is 0.319 e. The van der Waals surface area contributed by atoms with Crippen molar-refractivity contribution in [3.05, 3.63) is 143 Å².